The molecule has 0 saturated heterocycles. The van der Waals surface area contributed by atoms with Gasteiger partial charge in [-0.1, -0.05) is 53.0 Å². The first kappa shape index (κ1) is 16.4. The van der Waals surface area contributed by atoms with E-state index in [4.69, 9.17) is 39.7 Å². The molecule has 0 aliphatic rings. The van der Waals surface area contributed by atoms with Gasteiger partial charge in [-0.3, -0.25) is 0 Å². The van der Waals surface area contributed by atoms with Gasteiger partial charge in [0.15, 0.2) is 0 Å². The van der Waals surface area contributed by atoms with Gasteiger partial charge in [-0.25, -0.2) is 4.84 Å². The molecule has 1 atom stereocenters. The molecule has 1 N–H and O–H groups in total. The van der Waals surface area contributed by atoms with E-state index in [9.17, 15) is 0 Å². The second kappa shape index (κ2) is 7.90. The van der Waals surface area contributed by atoms with Gasteiger partial charge in [0.05, 0.1) is 10.0 Å². The second-order valence-electron chi connectivity index (χ2n) is 4.84. The Morgan fingerprint density at radius 1 is 1.05 bits per heavy atom. The maximum atomic E-state index is 6.00. The van der Waals surface area contributed by atoms with Gasteiger partial charge in [0, 0.05) is 19.0 Å². The number of aryl methyl sites for hydroxylation is 1. The van der Waals surface area contributed by atoms with E-state index in [-0.39, 0.29) is 6.10 Å². The molecule has 0 spiro atoms. The molecule has 5 heteroatoms. The van der Waals surface area contributed by atoms with Crippen molar-refractivity contribution in [2.75, 3.05) is 6.54 Å². The van der Waals surface area contributed by atoms with E-state index in [1.54, 1.807) is 18.2 Å². The lowest BCUT2D eigenvalue weighted by Crippen LogP contribution is -2.29. The van der Waals surface area contributed by atoms with E-state index >= 15 is 0 Å². The number of halogens is 3. The highest BCUT2D eigenvalue weighted by Crippen LogP contribution is 2.27. The first-order valence-electron chi connectivity index (χ1n) is 6.59. The van der Waals surface area contributed by atoms with Crippen molar-refractivity contribution in [3.63, 3.8) is 0 Å². The molecule has 2 rings (SSSR count). The third-order valence-corrected chi connectivity index (χ3v) is 3.98. The molecule has 0 bridgehead atoms. The molecule has 2 nitrogen and oxygen atoms in total. The molecule has 0 radical (unpaired) electrons. The Balaban J connectivity index is 2.07. The summed E-state index contributed by atoms with van der Waals surface area (Å²) < 4.78 is 5.93. The van der Waals surface area contributed by atoms with Crippen molar-refractivity contribution in [2.24, 2.45) is 0 Å². The molecule has 1 unspecified atom stereocenters. The second-order valence-corrected chi connectivity index (χ2v) is 5.92. The first-order chi connectivity index (χ1) is 10.1. The van der Waals surface area contributed by atoms with E-state index in [1.807, 2.05) is 0 Å². The van der Waals surface area contributed by atoms with Gasteiger partial charge < -0.3 is 4.74 Å². The molecule has 112 valence electrons. The van der Waals surface area contributed by atoms with Crippen molar-refractivity contribution >= 4 is 35.0 Å². The molecule has 0 aliphatic heterocycles. The Morgan fingerprint density at radius 2 is 1.76 bits per heavy atom. The Morgan fingerprint density at radius 3 is 2.38 bits per heavy atom. The summed E-state index contributed by atoms with van der Waals surface area (Å²) in [4.78, 5) is 2.63. The van der Waals surface area contributed by atoms with Gasteiger partial charge in [0.25, 0.3) is 0 Å². The van der Waals surface area contributed by atoms with Crippen LogP contribution in [0.25, 0.3) is 0 Å². The number of nitrogens with one attached hydrogen (secondary N) is 1. The van der Waals surface area contributed by atoms with Crippen LogP contribution in [-0.4, -0.2) is 12.6 Å². The van der Waals surface area contributed by atoms with Gasteiger partial charge in [-0.05, 0) is 36.4 Å². The molecule has 0 heterocycles. The fraction of sp³-hybridized carbons (Fsp3) is 0.250. The highest BCUT2D eigenvalue weighted by atomic mass is 35.5. The zero-order valence-corrected chi connectivity index (χ0v) is 13.8. The SMILES string of the molecule is Cc1ccc(CC(CNCl)Oc2ccc(Cl)c(Cl)c2)cc1. The third kappa shape index (κ3) is 5.08. The Hall–Kier alpha value is -0.930. The van der Waals surface area contributed by atoms with Crippen LogP contribution in [0.5, 0.6) is 5.75 Å². The van der Waals surface area contributed by atoms with E-state index in [0.29, 0.717) is 22.3 Å². The summed E-state index contributed by atoms with van der Waals surface area (Å²) in [7, 11) is 0. The van der Waals surface area contributed by atoms with Crippen LogP contribution < -0.4 is 9.57 Å². The predicted molar refractivity (Wildman–Crippen MR) is 89.6 cm³/mol. The monoisotopic (exact) mass is 343 g/mol. The van der Waals surface area contributed by atoms with Crippen LogP contribution in [0.1, 0.15) is 11.1 Å². The quantitative estimate of drug-likeness (QED) is 0.742. The average molecular weight is 345 g/mol. The minimum atomic E-state index is -0.0950. The summed E-state index contributed by atoms with van der Waals surface area (Å²) in [5.41, 5.74) is 2.42. The fourth-order valence-electron chi connectivity index (χ4n) is 1.97. The smallest absolute Gasteiger partial charge is 0.121 e. The summed E-state index contributed by atoms with van der Waals surface area (Å²) in [5.74, 6) is 0.674. The van der Waals surface area contributed by atoms with Crippen LogP contribution >= 0.6 is 35.0 Å². The largest absolute Gasteiger partial charge is 0.489 e. The first-order valence-corrected chi connectivity index (χ1v) is 7.72. The van der Waals surface area contributed by atoms with Crippen molar-refractivity contribution in [1.82, 2.24) is 4.84 Å². The number of hydrogen-bond donors (Lipinski definition) is 1. The van der Waals surface area contributed by atoms with Crippen LogP contribution in [0.15, 0.2) is 42.5 Å². The molecule has 0 saturated carbocycles. The van der Waals surface area contributed by atoms with Crippen molar-refractivity contribution in [1.29, 1.82) is 0 Å². The maximum absolute atomic E-state index is 6.00. The number of hydrogen-bond acceptors (Lipinski definition) is 2. The van der Waals surface area contributed by atoms with Crippen LogP contribution in [-0.2, 0) is 6.42 Å². The minimum Gasteiger partial charge on any atom is -0.489 e. The van der Waals surface area contributed by atoms with E-state index in [1.165, 1.54) is 11.1 Å². The molecule has 0 fully saturated rings. The Labute approximate surface area is 140 Å². The Kier molecular flexibility index (Phi) is 6.19. The van der Waals surface area contributed by atoms with Crippen molar-refractivity contribution in [3.05, 3.63) is 63.6 Å². The zero-order chi connectivity index (χ0) is 15.2. The highest BCUT2D eigenvalue weighted by Gasteiger charge is 2.12. The highest BCUT2D eigenvalue weighted by molar-refractivity contribution is 6.42. The number of ether oxygens (including phenoxy) is 1. The van der Waals surface area contributed by atoms with Crippen molar-refractivity contribution in [3.8, 4) is 5.75 Å². The van der Waals surface area contributed by atoms with Gasteiger partial charge in [0.1, 0.15) is 11.9 Å². The molecule has 2 aromatic rings. The average Bonchev–Trinajstić information content (AvgIpc) is 2.46. The van der Waals surface area contributed by atoms with Crippen molar-refractivity contribution < 1.29 is 4.74 Å². The summed E-state index contributed by atoms with van der Waals surface area (Å²) in [6.45, 7) is 2.59. The lowest BCUT2D eigenvalue weighted by Gasteiger charge is -2.19. The summed E-state index contributed by atoms with van der Waals surface area (Å²) in [5, 5.41) is 0.983. The van der Waals surface area contributed by atoms with Crippen LogP contribution in [0.3, 0.4) is 0 Å². The van der Waals surface area contributed by atoms with E-state index in [2.05, 4.69) is 36.0 Å². The zero-order valence-electron chi connectivity index (χ0n) is 11.6. The molecular weight excluding hydrogens is 329 g/mol. The molecule has 0 aromatic heterocycles. The Bertz CT molecular complexity index is 587. The summed E-state index contributed by atoms with van der Waals surface area (Å²) in [6.07, 6.45) is 0.655. The third-order valence-electron chi connectivity index (χ3n) is 3.08. The van der Waals surface area contributed by atoms with E-state index < -0.39 is 0 Å². The number of benzene rings is 2. The van der Waals surface area contributed by atoms with Gasteiger partial charge in [0.2, 0.25) is 0 Å². The molecule has 0 aliphatic carbocycles. The fourth-order valence-corrected chi connectivity index (χ4v) is 2.43. The molecule has 2 aromatic carbocycles. The molecular formula is C16H16Cl3NO. The minimum absolute atomic E-state index is 0.0950. The van der Waals surface area contributed by atoms with Gasteiger partial charge in [-0.15, -0.1) is 0 Å². The van der Waals surface area contributed by atoms with Crippen LogP contribution in [0, 0.1) is 6.92 Å². The van der Waals surface area contributed by atoms with Crippen molar-refractivity contribution in [2.45, 2.75) is 19.4 Å². The molecule has 21 heavy (non-hydrogen) atoms. The number of rotatable bonds is 6. The normalized spacial score (nSPS) is 12.2. The summed E-state index contributed by atoms with van der Waals surface area (Å²) in [6, 6.07) is 13.6. The van der Waals surface area contributed by atoms with Crippen LogP contribution in [0.2, 0.25) is 10.0 Å². The standard InChI is InChI=1S/C16H16Cl3NO/c1-11-2-4-12(5-3-11)8-14(10-20-19)21-13-6-7-15(17)16(18)9-13/h2-7,9,14,20H,8,10H2,1H3. The van der Waals surface area contributed by atoms with Gasteiger partial charge >= 0.3 is 0 Å². The van der Waals surface area contributed by atoms with Crippen LogP contribution in [0.4, 0.5) is 0 Å². The molecule has 0 amide bonds. The lowest BCUT2D eigenvalue weighted by atomic mass is 10.1. The lowest BCUT2D eigenvalue weighted by molar-refractivity contribution is 0.206. The maximum Gasteiger partial charge on any atom is 0.121 e. The van der Waals surface area contributed by atoms with E-state index in [0.717, 1.165) is 6.42 Å². The predicted octanol–water partition coefficient (Wildman–Crippen LogP) is 5.04. The summed E-state index contributed by atoms with van der Waals surface area (Å²) >= 11 is 17.5. The topological polar surface area (TPSA) is 21.3 Å². The van der Waals surface area contributed by atoms with Gasteiger partial charge in [-0.2, -0.15) is 0 Å².